The van der Waals surface area contributed by atoms with Gasteiger partial charge in [0, 0.05) is 18.1 Å². The second-order valence-electron chi connectivity index (χ2n) is 16.8. The maximum atomic E-state index is 14.2. The van der Waals surface area contributed by atoms with Crippen LogP contribution in [0.4, 0.5) is 13.2 Å². The van der Waals surface area contributed by atoms with Crippen molar-refractivity contribution < 1.29 is 52.3 Å². The number of aromatic nitrogens is 6. The van der Waals surface area contributed by atoms with E-state index in [9.17, 15) is 47.6 Å². The quantitative estimate of drug-likeness (QED) is 0.0284. The van der Waals surface area contributed by atoms with Crippen molar-refractivity contribution in [1.29, 1.82) is 0 Å². The molecule has 18 nitrogen and oxygen atoms in total. The number of carbonyl (C=O) groups is 5. The van der Waals surface area contributed by atoms with Gasteiger partial charge in [-0.1, -0.05) is 89.3 Å². The van der Waals surface area contributed by atoms with Crippen molar-refractivity contribution in [2.75, 3.05) is 6.61 Å². The Morgan fingerprint density at radius 1 is 0.639 bits per heavy atom. The Hall–Kier alpha value is -8.82. The molecule has 8 aromatic rings. The summed E-state index contributed by atoms with van der Waals surface area (Å²) in [7, 11) is 0. The van der Waals surface area contributed by atoms with Crippen molar-refractivity contribution in [2.24, 2.45) is 0 Å². The lowest BCUT2D eigenvalue weighted by Gasteiger charge is -2.20. The van der Waals surface area contributed by atoms with Crippen LogP contribution in [0.3, 0.4) is 0 Å². The molecular weight excluding hydrogens is 938 g/mol. The van der Waals surface area contributed by atoms with Crippen LogP contribution in [0.25, 0.3) is 21.5 Å². The summed E-state index contributed by atoms with van der Waals surface area (Å²) >= 11 is 0. The van der Waals surface area contributed by atoms with E-state index in [1.165, 1.54) is 27.7 Å². The number of hydroxylamine groups is 2. The van der Waals surface area contributed by atoms with E-state index in [1.807, 2.05) is 78.9 Å². The molecule has 0 aliphatic heterocycles. The molecule has 6 N–H and O–H groups in total. The van der Waals surface area contributed by atoms with Crippen molar-refractivity contribution in [1.82, 2.24) is 51.6 Å². The number of nitrogens with zero attached hydrogens (tertiary/aromatic N) is 6. The number of amides is 4. The van der Waals surface area contributed by atoms with Crippen LogP contribution >= 0.6 is 0 Å². The summed E-state index contributed by atoms with van der Waals surface area (Å²) in [6, 6.07) is 30.6. The van der Waals surface area contributed by atoms with Crippen LogP contribution in [0.1, 0.15) is 84.2 Å². The number of fused-ring (bicyclic) bond motifs is 2. The summed E-state index contributed by atoms with van der Waals surface area (Å²) < 4.78 is 49.9. The molecule has 72 heavy (non-hydrogen) atoms. The van der Waals surface area contributed by atoms with Gasteiger partial charge in [0.05, 0.1) is 62.1 Å². The van der Waals surface area contributed by atoms with Gasteiger partial charge in [-0.2, -0.15) is 0 Å². The Morgan fingerprint density at radius 2 is 1.31 bits per heavy atom. The SMILES string of the molecule is O=C(C[C@@H](Cc1cc(CCOC(=O)c2nnn([C@@H](CC(=O)NO)Cc3ccc4ccccc4c3)c2CNC(=O)c2ccc(F)cc2)c2ccccc2c1)n1cc(CNC(=O)c2ccc(F)cc2F)nn1)NO. The first-order valence-electron chi connectivity index (χ1n) is 22.5. The number of rotatable bonds is 20. The lowest BCUT2D eigenvalue weighted by molar-refractivity contribution is -0.130. The number of nitrogens with one attached hydrogen (secondary N) is 4. The fraction of sp³-hybridized carbons (Fsp3) is 0.196. The van der Waals surface area contributed by atoms with Crippen LogP contribution in [-0.4, -0.2) is 76.6 Å². The molecule has 0 saturated carbocycles. The highest BCUT2D eigenvalue weighted by Gasteiger charge is 2.28. The second kappa shape index (κ2) is 22.7. The van der Waals surface area contributed by atoms with E-state index in [2.05, 4.69) is 31.3 Å². The number of carbonyl (C=O) groups excluding carboxylic acids is 5. The van der Waals surface area contributed by atoms with Crippen molar-refractivity contribution >= 4 is 51.1 Å². The van der Waals surface area contributed by atoms with E-state index in [4.69, 9.17) is 4.74 Å². The number of halogens is 3. The smallest absolute Gasteiger partial charge is 0.360 e. The molecule has 0 radical (unpaired) electrons. The summed E-state index contributed by atoms with van der Waals surface area (Å²) in [6.45, 7) is -0.657. The van der Waals surface area contributed by atoms with Gasteiger partial charge in [-0.05, 0) is 87.5 Å². The Morgan fingerprint density at radius 3 is 2.06 bits per heavy atom. The zero-order valence-electron chi connectivity index (χ0n) is 38.1. The number of hydrogen-bond acceptors (Lipinski definition) is 12. The van der Waals surface area contributed by atoms with Gasteiger partial charge >= 0.3 is 5.97 Å². The standard InChI is InChI=1S/C51H45F3N10O8/c52-37-13-11-33(12-14-37)49(67)56-28-45-48(58-62-64(45)41(26-47(66)60-71)22-30-9-10-32-5-1-2-6-34(32)19-30)51(69)72-18-17-36-21-31(20-35-7-3-4-8-42(35)36)23-40(25-46(65)59-70)63-29-39(57-61-63)27-55-50(68)43-16-15-38(53)24-44(43)54/h1-16,19-21,24,29,40-41,70-71H,17-18,22-23,25-28H2,(H,55,68)(H,56,67)(H,59,65)(H,60,66)/t40-,41-/m1/s1. The fourth-order valence-electron chi connectivity index (χ4n) is 8.35. The molecule has 0 fully saturated rings. The molecule has 0 spiro atoms. The predicted molar refractivity (Wildman–Crippen MR) is 252 cm³/mol. The molecule has 0 saturated heterocycles. The monoisotopic (exact) mass is 982 g/mol. The largest absolute Gasteiger partial charge is 0.461 e. The highest BCUT2D eigenvalue weighted by atomic mass is 19.1. The van der Waals surface area contributed by atoms with Gasteiger partial charge in [-0.3, -0.25) is 29.6 Å². The van der Waals surface area contributed by atoms with E-state index < -0.39 is 59.1 Å². The van der Waals surface area contributed by atoms with Gasteiger partial charge in [-0.25, -0.2) is 38.3 Å². The average Bonchev–Trinajstić information content (AvgIpc) is 4.05. The normalized spacial score (nSPS) is 12.0. The Kier molecular flexibility index (Phi) is 15.7. The third-order valence-electron chi connectivity index (χ3n) is 11.9. The summed E-state index contributed by atoms with van der Waals surface area (Å²) in [5, 5.41) is 44.6. The van der Waals surface area contributed by atoms with Gasteiger partial charge in [0.25, 0.3) is 11.8 Å². The van der Waals surface area contributed by atoms with E-state index in [-0.39, 0.29) is 80.0 Å². The summed E-state index contributed by atoms with van der Waals surface area (Å²) in [5.41, 5.74) is 5.47. The highest BCUT2D eigenvalue weighted by Crippen LogP contribution is 2.28. The molecule has 2 aromatic heterocycles. The van der Waals surface area contributed by atoms with E-state index in [0.717, 1.165) is 62.5 Å². The lowest BCUT2D eigenvalue weighted by atomic mass is 9.95. The second-order valence-corrected chi connectivity index (χ2v) is 16.8. The van der Waals surface area contributed by atoms with E-state index in [0.29, 0.717) is 6.07 Å². The molecular formula is C51H45F3N10O8. The van der Waals surface area contributed by atoms with Crippen molar-refractivity contribution in [3.63, 3.8) is 0 Å². The first kappa shape index (κ1) is 49.6. The fourth-order valence-corrected chi connectivity index (χ4v) is 8.35. The van der Waals surface area contributed by atoms with E-state index >= 15 is 0 Å². The van der Waals surface area contributed by atoms with Crippen LogP contribution in [0.5, 0.6) is 0 Å². The highest BCUT2D eigenvalue weighted by molar-refractivity contribution is 5.95. The molecule has 4 amide bonds. The summed E-state index contributed by atoms with van der Waals surface area (Å²) in [4.78, 5) is 65.2. The van der Waals surface area contributed by atoms with Crippen molar-refractivity contribution in [2.45, 2.75) is 57.3 Å². The van der Waals surface area contributed by atoms with Gasteiger partial charge in [-0.15, -0.1) is 10.2 Å². The Bertz CT molecular complexity index is 3290. The van der Waals surface area contributed by atoms with Crippen molar-refractivity contribution in [3.8, 4) is 0 Å². The predicted octanol–water partition coefficient (Wildman–Crippen LogP) is 6.21. The molecule has 8 rings (SSSR count). The minimum absolute atomic E-state index is 0.0952. The molecule has 0 aliphatic rings. The molecule has 0 unspecified atom stereocenters. The van der Waals surface area contributed by atoms with Gasteiger partial charge in [0.1, 0.15) is 23.1 Å². The zero-order chi connectivity index (χ0) is 50.7. The van der Waals surface area contributed by atoms with Crippen LogP contribution < -0.4 is 21.6 Å². The minimum Gasteiger partial charge on any atom is -0.461 e. The van der Waals surface area contributed by atoms with Gasteiger partial charge in [0.15, 0.2) is 5.69 Å². The molecule has 0 aliphatic carbocycles. The molecule has 6 aromatic carbocycles. The molecule has 2 atom stereocenters. The molecule has 0 bridgehead atoms. The molecule has 368 valence electrons. The zero-order valence-corrected chi connectivity index (χ0v) is 38.1. The van der Waals surface area contributed by atoms with Crippen LogP contribution in [-0.2, 0) is 46.7 Å². The number of benzene rings is 6. The minimum atomic E-state index is -1.04. The Balaban J connectivity index is 1.02. The maximum absolute atomic E-state index is 14.2. The summed E-state index contributed by atoms with van der Waals surface area (Å²) in [5.74, 6) is -6.16. The van der Waals surface area contributed by atoms with Crippen LogP contribution in [0.2, 0.25) is 0 Å². The number of ether oxygens (including phenoxy) is 1. The van der Waals surface area contributed by atoms with E-state index in [1.54, 1.807) is 11.0 Å². The lowest BCUT2D eigenvalue weighted by Crippen LogP contribution is -2.30. The first-order chi connectivity index (χ1) is 34.8. The average molecular weight is 983 g/mol. The Labute approximate surface area is 407 Å². The summed E-state index contributed by atoms with van der Waals surface area (Å²) in [6.07, 6.45) is 1.52. The maximum Gasteiger partial charge on any atom is 0.360 e. The third kappa shape index (κ3) is 12.1. The van der Waals surface area contributed by atoms with Gasteiger partial charge in [0.2, 0.25) is 11.8 Å². The van der Waals surface area contributed by atoms with Crippen molar-refractivity contribution in [3.05, 3.63) is 190 Å². The number of esters is 1. The van der Waals surface area contributed by atoms with Crippen LogP contribution in [0, 0.1) is 17.5 Å². The topological polar surface area (TPSA) is 245 Å². The third-order valence-corrected chi connectivity index (χ3v) is 11.9. The van der Waals surface area contributed by atoms with Gasteiger partial charge < -0.3 is 15.4 Å². The van der Waals surface area contributed by atoms with Crippen LogP contribution in [0.15, 0.2) is 128 Å². The molecule has 21 heteroatoms. The number of hydrogen-bond donors (Lipinski definition) is 6. The first-order valence-corrected chi connectivity index (χ1v) is 22.5. The molecule has 2 heterocycles.